The number of amides is 2. The molecule has 8 nitrogen and oxygen atoms in total. The highest BCUT2D eigenvalue weighted by molar-refractivity contribution is 7.13. The molecule has 0 aliphatic rings. The highest BCUT2D eigenvalue weighted by atomic mass is 32.1. The van der Waals surface area contributed by atoms with E-state index in [4.69, 9.17) is 5.73 Å². The summed E-state index contributed by atoms with van der Waals surface area (Å²) in [6, 6.07) is 10.5. The summed E-state index contributed by atoms with van der Waals surface area (Å²) in [5.74, 6) is 0.230. The van der Waals surface area contributed by atoms with Crippen LogP contribution in [0.2, 0.25) is 0 Å². The first-order chi connectivity index (χ1) is 14.3. The van der Waals surface area contributed by atoms with Gasteiger partial charge in [0, 0.05) is 11.9 Å². The fourth-order valence-corrected chi connectivity index (χ4v) is 3.31. The van der Waals surface area contributed by atoms with Crippen molar-refractivity contribution in [2.75, 3.05) is 17.6 Å². The fraction of sp³-hybridized carbons (Fsp3) is 0.222. The van der Waals surface area contributed by atoms with Crippen LogP contribution in [0.5, 0.6) is 0 Å². The second-order valence-electron chi connectivity index (χ2n) is 6.09. The van der Waals surface area contributed by atoms with Gasteiger partial charge >= 0.3 is 12.2 Å². The molecule has 0 atom stereocenters. The van der Waals surface area contributed by atoms with Gasteiger partial charge in [-0.1, -0.05) is 18.2 Å². The molecule has 0 aliphatic carbocycles. The van der Waals surface area contributed by atoms with E-state index in [1.807, 2.05) is 36.4 Å². The molecule has 0 fully saturated rings. The van der Waals surface area contributed by atoms with Crippen molar-refractivity contribution in [2.45, 2.75) is 19.0 Å². The number of hydrogen-bond acceptors (Lipinski definition) is 6. The van der Waals surface area contributed by atoms with Crippen LogP contribution < -0.4 is 16.4 Å². The molecule has 0 spiro atoms. The molecule has 0 unspecified atom stereocenters. The number of anilines is 2. The normalized spacial score (nSPS) is 11.1. The number of nitrogen functional groups attached to an aromatic ring is 1. The van der Waals surface area contributed by atoms with Crippen LogP contribution in [0.1, 0.15) is 23.4 Å². The molecule has 156 valence electrons. The van der Waals surface area contributed by atoms with Gasteiger partial charge in [-0.3, -0.25) is 5.32 Å². The lowest BCUT2D eigenvalue weighted by Gasteiger charge is -2.05. The maximum absolute atomic E-state index is 12.5. The van der Waals surface area contributed by atoms with Crippen LogP contribution >= 0.6 is 11.3 Å². The summed E-state index contributed by atoms with van der Waals surface area (Å²) in [5.41, 5.74) is 6.46. The number of nitrogens with zero attached hydrogens (tertiary/aromatic N) is 4. The molecule has 1 aromatic carbocycles. The molecule has 0 saturated heterocycles. The van der Waals surface area contributed by atoms with Crippen LogP contribution in [0.3, 0.4) is 0 Å². The van der Waals surface area contributed by atoms with Crippen LogP contribution in [0.15, 0.2) is 35.7 Å². The van der Waals surface area contributed by atoms with Crippen LogP contribution in [-0.4, -0.2) is 27.3 Å². The SMILES string of the molecule is N#Cc1c(CCCNC(=O)Nc2nc(C(F)(F)F)cs2)nn(-c2ccccc2)c1N. The molecular formula is C18H16F3N7OS. The van der Waals surface area contributed by atoms with E-state index in [2.05, 4.69) is 20.7 Å². The highest BCUT2D eigenvalue weighted by Gasteiger charge is 2.33. The van der Waals surface area contributed by atoms with E-state index in [1.165, 1.54) is 4.68 Å². The number of carbonyl (C=O) groups is 1. The van der Waals surface area contributed by atoms with Crippen molar-refractivity contribution < 1.29 is 18.0 Å². The lowest BCUT2D eigenvalue weighted by atomic mass is 10.1. The first-order valence-electron chi connectivity index (χ1n) is 8.70. The Morgan fingerprint density at radius 1 is 1.30 bits per heavy atom. The first kappa shape index (κ1) is 21.1. The van der Waals surface area contributed by atoms with Gasteiger partial charge in [-0.25, -0.2) is 14.5 Å². The standard InChI is InChI=1S/C18H16F3N7OS/c19-18(20,21)14-10-30-17(25-14)26-16(29)24-8-4-7-13-12(9-22)15(23)28(27-13)11-5-2-1-3-6-11/h1-3,5-6,10H,4,7-8,23H2,(H2,24,25,26,29). The number of urea groups is 1. The molecule has 0 bridgehead atoms. The average Bonchev–Trinajstić information content (AvgIpc) is 3.30. The zero-order chi connectivity index (χ0) is 21.7. The Kier molecular flexibility index (Phi) is 6.22. The van der Waals surface area contributed by atoms with Gasteiger partial charge in [-0.2, -0.15) is 23.5 Å². The molecule has 12 heteroatoms. The van der Waals surface area contributed by atoms with Gasteiger partial charge in [0.2, 0.25) is 0 Å². The summed E-state index contributed by atoms with van der Waals surface area (Å²) in [7, 11) is 0. The zero-order valence-corrected chi connectivity index (χ0v) is 16.2. The summed E-state index contributed by atoms with van der Waals surface area (Å²) in [4.78, 5) is 15.1. The number of hydrogen-bond donors (Lipinski definition) is 3. The lowest BCUT2D eigenvalue weighted by Crippen LogP contribution is -2.29. The van der Waals surface area contributed by atoms with E-state index >= 15 is 0 Å². The minimum Gasteiger partial charge on any atom is -0.382 e. The van der Waals surface area contributed by atoms with Crippen LogP contribution in [0.4, 0.5) is 28.9 Å². The monoisotopic (exact) mass is 435 g/mol. The second kappa shape index (κ2) is 8.83. The second-order valence-corrected chi connectivity index (χ2v) is 6.94. The van der Waals surface area contributed by atoms with E-state index in [0.717, 1.165) is 11.1 Å². The van der Waals surface area contributed by atoms with E-state index in [9.17, 15) is 23.2 Å². The topological polar surface area (TPSA) is 122 Å². The van der Waals surface area contributed by atoms with E-state index < -0.39 is 17.9 Å². The molecule has 2 heterocycles. The van der Waals surface area contributed by atoms with Gasteiger partial charge in [0.25, 0.3) is 0 Å². The number of aromatic nitrogens is 3. The Labute approximate surface area is 173 Å². The number of carbonyl (C=O) groups excluding carboxylic acids is 1. The van der Waals surface area contributed by atoms with Gasteiger partial charge in [-0.15, -0.1) is 11.3 Å². The summed E-state index contributed by atoms with van der Waals surface area (Å²) < 4.78 is 39.1. The number of benzene rings is 1. The molecule has 0 radical (unpaired) electrons. The Morgan fingerprint density at radius 2 is 2.03 bits per heavy atom. The van der Waals surface area contributed by atoms with Crippen molar-refractivity contribution in [2.24, 2.45) is 0 Å². The summed E-state index contributed by atoms with van der Waals surface area (Å²) >= 11 is 0.682. The molecule has 0 saturated carbocycles. The minimum absolute atomic E-state index is 0.152. The van der Waals surface area contributed by atoms with Gasteiger partial charge < -0.3 is 11.1 Å². The number of rotatable bonds is 6. The molecule has 4 N–H and O–H groups in total. The third-order valence-electron chi connectivity index (χ3n) is 4.00. The predicted molar refractivity (Wildman–Crippen MR) is 105 cm³/mol. The number of alkyl halides is 3. The molecular weight excluding hydrogens is 419 g/mol. The zero-order valence-electron chi connectivity index (χ0n) is 15.4. The summed E-state index contributed by atoms with van der Waals surface area (Å²) in [6.45, 7) is 0.215. The van der Waals surface area contributed by atoms with E-state index in [-0.39, 0.29) is 23.1 Å². The molecule has 30 heavy (non-hydrogen) atoms. The van der Waals surface area contributed by atoms with Crippen molar-refractivity contribution in [1.82, 2.24) is 20.1 Å². The number of thiazole rings is 1. The van der Waals surface area contributed by atoms with Crippen LogP contribution in [0.25, 0.3) is 5.69 Å². The number of para-hydroxylation sites is 1. The summed E-state index contributed by atoms with van der Waals surface area (Å²) in [5, 5.41) is 19.2. The van der Waals surface area contributed by atoms with Gasteiger partial charge in [0.1, 0.15) is 17.5 Å². The van der Waals surface area contributed by atoms with Crippen LogP contribution in [0, 0.1) is 11.3 Å². The molecule has 3 aromatic rings. The van der Waals surface area contributed by atoms with Gasteiger partial charge in [-0.05, 0) is 25.0 Å². The Bertz CT molecular complexity index is 1070. The number of nitrogens with one attached hydrogen (secondary N) is 2. The number of halogens is 3. The number of nitrogens with two attached hydrogens (primary N) is 1. The maximum Gasteiger partial charge on any atom is 0.434 e. The van der Waals surface area contributed by atoms with Crippen molar-refractivity contribution in [1.29, 1.82) is 5.26 Å². The van der Waals surface area contributed by atoms with Gasteiger partial charge in [0.15, 0.2) is 10.8 Å². The number of nitriles is 1. The van der Waals surface area contributed by atoms with Gasteiger partial charge in [0.05, 0.1) is 11.4 Å². The van der Waals surface area contributed by atoms with Crippen molar-refractivity contribution in [3.05, 3.63) is 52.7 Å². The van der Waals surface area contributed by atoms with Crippen LogP contribution in [-0.2, 0) is 12.6 Å². The maximum atomic E-state index is 12.5. The third kappa shape index (κ3) is 4.87. The molecule has 0 aliphatic heterocycles. The number of aryl methyl sites for hydroxylation is 1. The Balaban J connectivity index is 1.54. The predicted octanol–water partition coefficient (Wildman–Crippen LogP) is 3.56. The highest BCUT2D eigenvalue weighted by Crippen LogP contribution is 2.31. The Morgan fingerprint density at radius 3 is 2.67 bits per heavy atom. The molecule has 2 amide bonds. The van der Waals surface area contributed by atoms with E-state index in [0.29, 0.717) is 29.9 Å². The van der Waals surface area contributed by atoms with Crippen molar-refractivity contribution in [3.8, 4) is 11.8 Å². The molecule has 2 aromatic heterocycles. The summed E-state index contributed by atoms with van der Waals surface area (Å²) in [6.07, 6.45) is -3.74. The average molecular weight is 435 g/mol. The van der Waals surface area contributed by atoms with Crippen molar-refractivity contribution >= 4 is 28.3 Å². The quantitative estimate of drug-likeness (QED) is 0.511. The smallest absolute Gasteiger partial charge is 0.382 e. The minimum atomic E-state index is -4.56. The lowest BCUT2D eigenvalue weighted by molar-refractivity contribution is -0.140. The van der Waals surface area contributed by atoms with Crippen molar-refractivity contribution in [3.63, 3.8) is 0 Å². The first-order valence-corrected chi connectivity index (χ1v) is 9.58. The fourth-order valence-electron chi connectivity index (χ4n) is 2.60. The third-order valence-corrected chi connectivity index (χ3v) is 4.75. The largest absolute Gasteiger partial charge is 0.434 e. The van der Waals surface area contributed by atoms with E-state index in [1.54, 1.807) is 0 Å². The Hall–Kier alpha value is -3.59. The molecule has 3 rings (SSSR count).